The van der Waals surface area contributed by atoms with Gasteiger partial charge in [0, 0.05) is 42.3 Å². The average molecular weight is 296 g/mol. The number of benzene rings is 1. The Labute approximate surface area is 126 Å². The molecule has 0 spiro atoms. The molecule has 0 radical (unpaired) electrons. The van der Waals surface area contributed by atoms with E-state index in [1.165, 1.54) is 6.07 Å². The van der Waals surface area contributed by atoms with Gasteiger partial charge in [0.25, 0.3) is 0 Å². The summed E-state index contributed by atoms with van der Waals surface area (Å²) in [5.74, 6) is -0.977. The van der Waals surface area contributed by atoms with Crippen LogP contribution in [0.2, 0.25) is 0 Å². The molecule has 1 aliphatic heterocycles. The van der Waals surface area contributed by atoms with Crippen LogP contribution < -0.4 is 5.32 Å². The van der Waals surface area contributed by atoms with Gasteiger partial charge >= 0.3 is 0 Å². The summed E-state index contributed by atoms with van der Waals surface area (Å²) in [6.07, 6.45) is 2.09. The predicted octanol–water partition coefficient (Wildman–Crippen LogP) is 3.71. The summed E-state index contributed by atoms with van der Waals surface area (Å²) in [6, 6.07) is 3.86. The molecule has 1 heterocycles. The molecule has 1 aromatic rings. The van der Waals surface area contributed by atoms with E-state index in [2.05, 4.69) is 37.9 Å². The topological polar surface area (TPSA) is 15.3 Å². The van der Waals surface area contributed by atoms with Crippen molar-refractivity contribution in [2.24, 2.45) is 0 Å². The van der Waals surface area contributed by atoms with Crippen molar-refractivity contribution in [2.45, 2.75) is 58.2 Å². The van der Waals surface area contributed by atoms with Crippen LogP contribution in [0.25, 0.3) is 0 Å². The van der Waals surface area contributed by atoms with Crippen LogP contribution in [0.1, 0.15) is 46.1 Å². The van der Waals surface area contributed by atoms with Gasteiger partial charge in [0.05, 0.1) is 0 Å². The molecule has 0 unspecified atom stereocenters. The monoisotopic (exact) mass is 296 g/mol. The van der Waals surface area contributed by atoms with Crippen molar-refractivity contribution in [1.82, 2.24) is 10.2 Å². The zero-order valence-electron chi connectivity index (χ0n) is 13.5. The van der Waals surface area contributed by atoms with Gasteiger partial charge < -0.3 is 5.32 Å². The smallest absolute Gasteiger partial charge is 0.130 e. The maximum atomic E-state index is 13.9. The first kappa shape index (κ1) is 16.4. The number of hydrogen-bond acceptors (Lipinski definition) is 2. The van der Waals surface area contributed by atoms with E-state index in [1.807, 2.05) is 0 Å². The summed E-state index contributed by atoms with van der Waals surface area (Å²) in [7, 11) is 0. The van der Waals surface area contributed by atoms with E-state index in [0.29, 0.717) is 12.1 Å². The van der Waals surface area contributed by atoms with Crippen LogP contribution in [0, 0.1) is 11.6 Å². The summed E-state index contributed by atoms with van der Waals surface area (Å²) in [4.78, 5) is 2.31. The van der Waals surface area contributed by atoms with Crippen molar-refractivity contribution in [1.29, 1.82) is 0 Å². The zero-order chi connectivity index (χ0) is 15.7. The molecule has 1 aromatic carbocycles. The molecular formula is C17H26F2N2. The molecule has 2 nitrogen and oxygen atoms in total. The highest BCUT2D eigenvalue weighted by atomic mass is 19.1. The molecule has 21 heavy (non-hydrogen) atoms. The van der Waals surface area contributed by atoms with Crippen molar-refractivity contribution in [3.8, 4) is 0 Å². The van der Waals surface area contributed by atoms with Crippen molar-refractivity contribution in [2.75, 3.05) is 13.1 Å². The third kappa shape index (κ3) is 3.43. The molecule has 1 N–H and O–H groups in total. The van der Waals surface area contributed by atoms with Gasteiger partial charge in [-0.15, -0.1) is 0 Å². The highest BCUT2D eigenvalue weighted by Crippen LogP contribution is 2.30. The van der Waals surface area contributed by atoms with Gasteiger partial charge in [0.15, 0.2) is 0 Å². The highest BCUT2D eigenvalue weighted by molar-refractivity contribution is 5.19. The molecule has 2 rings (SSSR count). The minimum Gasteiger partial charge on any atom is -0.308 e. The number of nitrogens with one attached hydrogen (secondary N) is 1. The maximum Gasteiger partial charge on any atom is 0.130 e. The van der Waals surface area contributed by atoms with Crippen LogP contribution in [0.4, 0.5) is 8.78 Å². The van der Waals surface area contributed by atoms with Gasteiger partial charge in [-0.3, -0.25) is 4.90 Å². The van der Waals surface area contributed by atoms with Crippen molar-refractivity contribution < 1.29 is 8.78 Å². The van der Waals surface area contributed by atoms with Crippen molar-refractivity contribution in [3.63, 3.8) is 0 Å². The number of halogens is 2. The molecule has 0 atom stereocenters. The van der Waals surface area contributed by atoms with Crippen LogP contribution in [-0.4, -0.2) is 29.1 Å². The van der Waals surface area contributed by atoms with Crippen LogP contribution in [0.5, 0.6) is 0 Å². The van der Waals surface area contributed by atoms with E-state index >= 15 is 0 Å². The summed E-state index contributed by atoms with van der Waals surface area (Å²) in [5, 5.41) is 3.67. The fourth-order valence-electron chi connectivity index (χ4n) is 3.00. The highest BCUT2D eigenvalue weighted by Gasteiger charge is 2.40. The molecule has 1 aliphatic rings. The lowest BCUT2D eigenvalue weighted by molar-refractivity contribution is 0.0154. The standard InChI is InChI=1S/C17H26F2N2/c1-5-17(6-2)12-21(16(3,4)11-20-17)10-13-7-8-14(18)9-15(13)19/h7-9,20H,5-6,10-12H2,1-4H3. The summed E-state index contributed by atoms with van der Waals surface area (Å²) < 4.78 is 27.0. The fraction of sp³-hybridized carbons (Fsp3) is 0.647. The summed E-state index contributed by atoms with van der Waals surface area (Å²) in [6.45, 7) is 11.0. The first-order chi connectivity index (χ1) is 9.82. The molecular weight excluding hydrogens is 270 g/mol. The largest absolute Gasteiger partial charge is 0.308 e. The molecule has 0 bridgehead atoms. The second-order valence-corrected chi connectivity index (χ2v) is 6.75. The van der Waals surface area contributed by atoms with Crippen molar-refractivity contribution >= 4 is 0 Å². The maximum absolute atomic E-state index is 13.9. The number of piperazine rings is 1. The lowest BCUT2D eigenvalue weighted by Crippen LogP contribution is -2.67. The van der Waals surface area contributed by atoms with Crippen LogP contribution in [-0.2, 0) is 6.54 Å². The second kappa shape index (κ2) is 6.01. The van der Waals surface area contributed by atoms with E-state index in [0.717, 1.165) is 32.0 Å². The third-order valence-corrected chi connectivity index (χ3v) is 4.98. The third-order valence-electron chi connectivity index (χ3n) is 4.98. The number of rotatable bonds is 4. The van der Waals surface area contributed by atoms with Gasteiger partial charge in [0.1, 0.15) is 11.6 Å². The number of hydrogen-bond donors (Lipinski definition) is 1. The normalized spacial score (nSPS) is 21.4. The number of nitrogens with zero attached hydrogens (tertiary/aromatic N) is 1. The SMILES string of the molecule is CCC1(CC)CN(Cc2ccc(F)cc2F)C(C)(C)CN1. The Hall–Kier alpha value is -1.00. The predicted molar refractivity (Wildman–Crippen MR) is 82.2 cm³/mol. The summed E-state index contributed by atoms with van der Waals surface area (Å²) in [5.41, 5.74) is 0.605. The van der Waals surface area contributed by atoms with Crippen LogP contribution >= 0.6 is 0 Å². The quantitative estimate of drug-likeness (QED) is 0.911. The second-order valence-electron chi connectivity index (χ2n) is 6.75. The average Bonchev–Trinajstić information content (AvgIpc) is 2.44. The first-order valence-corrected chi connectivity index (χ1v) is 7.76. The van der Waals surface area contributed by atoms with Gasteiger partial charge in [0.2, 0.25) is 0 Å². The van der Waals surface area contributed by atoms with E-state index in [4.69, 9.17) is 0 Å². The van der Waals surface area contributed by atoms with Crippen molar-refractivity contribution in [3.05, 3.63) is 35.4 Å². The first-order valence-electron chi connectivity index (χ1n) is 7.76. The Balaban J connectivity index is 2.22. The van der Waals surface area contributed by atoms with Crippen LogP contribution in [0.3, 0.4) is 0 Å². The molecule has 4 heteroatoms. The fourth-order valence-corrected chi connectivity index (χ4v) is 3.00. The lowest BCUT2D eigenvalue weighted by Gasteiger charge is -2.52. The van der Waals surface area contributed by atoms with E-state index < -0.39 is 11.6 Å². The van der Waals surface area contributed by atoms with E-state index in [1.54, 1.807) is 6.07 Å². The van der Waals surface area contributed by atoms with Gasteiger partial charge in [-0.1, -0.05) is 19.9 Å². The Morgan fingerprint density at radius 2 is 1.86 bits per heavy atom. The Bertz CT molecular complexity index is 496. The van der Waals surface area contributed by atoms with E-state index in [-0.39, 0.29) is 11.1 Å². The lowest BCUT2D eigenvalue weighted by atomic mass is 9.84. The molecule has 0 saturated carbocycles. The Morgan fingerprint density at radius 1 is 1.19 bits per heavy atom. The van der Waals surface area contributed by atoms with Gasteiger partial charge in [-0.05, 0) is 32.8 Å². The minimum absolute atomic E-state index is 0.0470. The molecule has 0 amide bonds. The molecule has 118 valence electrons. The molecule has 1 saturated heterocycles. The van der Waals surface area contributed by atoms with Gasteiger partial charge in [-0.25, -0.2) is 8.78 Å². The Morgan fingerprint density at radius 3 is 2.43 bits per heavy atom. The Kier molecular flexibility index (Phi) is 4.69. The molecule has 0 aliphatic carbocycles. The summed E-state index contributed by atoms with van der Waals surface area (Å²) >= 11 is 0. The molecule has 1 fully saturated rings. The zero-order valence-corrected chi connectivity index (χ0v) is 13.5. The van der Waals surface area contributed by atoms with Gasteiger partial charge in [-0.2, -0.15) is 0 Å². The minimum atomic E-state index is -0.521. The van der Waals surface area contributed by atoms with E-state index in [9.17, 15) is 8.78 Å². The van der Waals surface area contributed by atoms with Crippen LogP contribution in [0.15, 0.2) is 18.2 Å². The molecule has 0 aromatic heterocycles.